The molecule has 0 saturated heterocycles. The Bertz CT molecular complexity index is 731. The van der Waals surface area contributed by atoms with E-state index in [0.717, 1.165) is 6.07 Å². The number of carbonyl (C=O) groups is 1. The Labute approximate surface area is 119 Å². The summed E-state index contributed by atoms with van der Waals surface area (Å²) in [6.07, 6.45) is 0. The molecule has 2 rings (SSSR count). The van der Waals surface area contributed by atoms with E-state index < -0.39 is 22.4 Å². The van der Waals surface area contributed by atoms with Gasteiger partial charge in [0.25, 0.3) is 5.69 Å². The summed E-state index contributed by atoms with van der Waals surface area (Å²) in [7, 11) is 0. The van der Waals surface area contributed by atoms with Gasteiger partial charge in [0.1, 0.15) is 11.5 Å². The molecule has 7 heteroatoms. The van der Waals surface area contributed by atoms with E-state index in [1.54, 1.807) is 13.0 Å². The Balaban J connectivity index is 2.44. The van der Waals surface area contributed by atoms with Gasteiger partial charge in [0, 0.05) is 6.07 Å². The number of nitrogens with zero attached hydrogens (tertiary/aromatic N) is 1. The third-order valence-electron chi connectivity index (χ3n) is 2.84. The lowest BCUT2D eigenvalue weighted by Crippen LogP contribution is -2.02. The van der Waals surface area contributed by atoms with Gasteiger partial charge in [-0.05, 0) is 36.8 Å². The molecule has 0 aliphatic rings. The molecule has 0 aliphatic heterocycles. The molecule has 0 atom stereocenters. The first-order valence-electron chi connectivity index (χ1n) is 5.93. The van der Waals surface area contributed by atoms with Crippen LogP contribution in [0.1, 0.15) is 15.9 Å². The van der Waals surface area contributed by atoms with E-state index in [2.05, 4.69) is 5.32 Å². The molecule has 0 aromatic heterocycles. The summed E-state index contributed by atoms with van der Waals surface area (Å²) in [5.74, 6) is -1.82. The molecule has 0 fully saturated rings. The number of halogens is 1. The summed E-state index contributed by atoms with van der Waals surface area (Å²) in [6, 6.07) is 7.78. The van der Waals surface area contributed by atoms with E-state index in [0.29, 0.717) is 5.56 Å². The monoisotopic (exact) mass is 290 g/mol. The van der Waals surface area contributed by atoms with Crippen LogP contribution in [0.25, 0.3) is 0 Å². The molecule has 0 saturated carbocycles. The lowest BCUT2D eigenvalue weighted by Gasteiger charge is -2.09. The number of carboxylic acid groups (broad SMARTS) is 1. The summed E-state index contributed by atoms with van der Waals surface area (Å²) in [5, 5.41) is 22.5. The number of aryl methyl sites for hydroxylation is 1. The Kier molecular flexibility index (Phi) is 3.84. The molecule has 0 aliphatic carbocycles. The maximum absolute atomic E-state index is 13.7. The average molecular weight is 290 g/mol. The maximum atomic E-state index is 13.7. The number of hydrogen-bond donors (Lipinski definition) is 2. The van der Waals surface area contributed by atoms with Crippen LogP contribution in [0.4, 0.5) is 21.5 Å². The Morgan fingerprint density at radius 2 is 1.90 bits per heavy atom. The lowest BCUT2D eigenvalue weighted by molar-refractivity contribution is -0.383. The van der Waals surface area contributed by atoms with Gasteiger partial charge in [-0.3, -0.25) is 10.1 Å². The zero-order valence-electron chi connectivity index (χ0n) is 11.0. The standard InChI is InChI=1S/C14H11FN2O4/c1-8-2-4-11(10(15)6-8)16-12-5-3-9(14(18)19)7-13(12)17(20)21/h2-7,16H,1H3,(H,18,19). The molecule has 0 amide bonds. The second kappa shape index (κ2) is 5.58. The summed E-state index contributed by atoms with van der Waals surface area (Å²) in [5.41, 5.74) is 0.166. The number of nitrogens with one attached hydrogen (secondary N) is 1. The van der Waals surface area contributed by atoms with Crippen molar-refractivity contribution in [1.82, 2.24) is 0 Å². The quantitative estimate of drug-likeness (QED) is 0.664. The first-order chi connectivity index (χ1) is 9.88. The highest BCUT2D eigenvalue weighted by atomic mass is 19.1. The van der Waals surface area contributed by atoms with E-state index in [9.17, 15) is 19.3 Å². The molecule has 108 valence electrons. The van der Waals surface area contributed by atoms with Crippen LogP contribution >= 0.6 is 0 Å². The number of nitro benzene ring substituents is 1. The normalized spacial score (nSPS) is 10.2. The van der Waals surface area contributed by atoms with Crippen molar-refractivity contribution < 1.29 is 19.2 Å². The van der Waals surface area contributed by atoms with Crippen molar-refractivity contribution in [3.8, 4) is 0 Å². The smallest absolute Gasteiger partial charge is 0.335 e. The van der Waals surface area contributed by atoms with Gasteiger partial charge >= 0.3 is 5.97 Å². The Morgan fingerprint density at radius 3 is 2.48 bits per heavy atom. The summed E-state index contributed by atoms with van der Waals surface area (Å²) in [6.45, 7) is 1.72. The van der Waals surface area contributed by atoms with E-state index in [1.807, 2.05) is 0 Å². The minimum Gasteiger partial charge on any atom is -0.478 e. The molecule has 2 N–H and O–H groups in total. The van der Waals surface area contributed by atoms with E-state index in [-0.39, 0.29) is 16.9 Å². The number of rotatable bonds is 4. The third-order valence-corrected chi connectivity index (χ3v) is 2.84. The number of carboxylic acids is 1. The van der Waals surface area contributed by atoms with Crippen LogP contribution < -0.4 is 5.32 Å². The van der Waals surface area contributed by atoms with Crippen molar-refractivity contribution in [2.45, 2.75) is 6.92 Å². The van der Waals surface area contributed by atoms with Crippen molar-refractivity contribution in [2.75, 3.05) is 5.32 Å². The van der Waals surface area contributed by atoms with Crippen molar-refractivity contribution >= 4 is 23.0 Å². The van der Waals surface area contributed by atoms with Gasteiger partial charge in [-0.2, -0.15) is 0 Å². The fraction of sp³-hybridized carbons (Fsp3) is 0.0714. The fourth-order valence-electron chi connectivity index (χ4n) is 1.79. The molecule has 0 unspecified atom stereocenters. The average Bonchev–Trinajstić information content (AvgIpc) is 2.41. The highest BCUT2D eigenvalue weighted by Gasteiger charge is 2.18. The van der Waals surface area contributed by atoms with E-state index >= 15 is 0 Å². The van der Waals surface area contributed by atoms with Crippen LogP contribution in [-0.4, -0.2) is 16.0 Å². The summed E-state index contributed by atoms with van der Waals surface area (Å²) in [4.78, 5) is 21.1. The van der Waals surface area contributed by atoms with Crippen molar-refractivity contribution in [1.29, 1.82) is 0 Å². The number of anilines is 2. The van der Waals surface area contributed by atoms with Crippen LogP contribution in [0.5, 0.6) is 0 Å². The molecule has 0 heterocycles. The minimum absolute atomic E-state index is 0.0211. The molecule has 2 aromatic carbocycles. The highest BCUT2D eigenvalue weighted by molar-refractivity contribution is 5.90. The first-order valence-corrected chi connectivity index (χ1v) is 5.93. The van der Waals surface area contributed by atoms with Crippen LogP contribution in [-0.2, 0) is 0 Å². The van der Waals surface area contributed by atoms with Crippen molar-refractivity contribution in [3.63, 3.8) is 0 Å². The first kappa shape index (κ1) is 14.4. The number of benzene rings is 2. The summed E-state index contributed by atoms with van der Waals surface area (Å²) < 4.78 is 13.7. The van der Waals surface area contributed by atoms with Gasteiger partial charge in [-0.1, -0.05) is 6.07 Å². The molecule has 6 nitrogen and oxygen atoms in total. The third kappa shape index (κ3) is 3.14. The molecule has 0 spiro atoms. The largest absolute Gasteiger partial charge is 0.478 e. The SMILES string of the molecule is Cc1ccc(Nc2ccc(C(=O)O)cc2[N+](=O)[O-])c(F)c1. The molecule has 2 aromatic rings. The van der Waals surface area contributed by atoms with Crippen LogP contribution in [0, 0.1) is 22.9 Å². The van der Waals surface area contributed by atoms with Gasteiger partial charge in [-0.15, -0.1) is 0 Å². The minimum atomic E-state index is -1.27. The fourth-order valence-corrected chi connectivity index (χ4v) is 1.79. The van der Waals surface area contributed by atoms with Crippen LogP contribution in [0.15, 0.2) is 36.4 Å². The Morgan fingerprint density at radius 1 is 1.24 bits per heavy atom. The van der Waals surface area contributed by atoms with Gasteiger partial charge in [0.2, 0.25) is 0 Å². The van der Waals surface area contributed by atoms with Gasteiger partial charge in [-0.25, -0.2) is 9.18 Å². The lowest BCUT2D eigenvalue weighted by atomic mass is 10.1. The van der Waals surface area contributed by atoms with Crippen LogP contribution in [0.2, 0.25) is 0 Å². The number of aromatic carboxylic acids is 1. The predicted octanol–water partition coefficient (Wildman–Crippen LogP) is 3.48. The molecule has 21 heavy (non-hydrogen) atoms. The zero-order valence-corrected chi connectivity index (χ0v) is 11.0. The summed E-state index contributed by atoms with van der Waals surface area (Å²) >= 11 is 0. The molecular weight excluding hydrogens is 279 g/mol. The van der Waals surface area contributed by atoms with Crippen LogP contribution in [0.3, 0.4) is 0 Å². The van der Waals surface area contributed by atoms with Crippen molar-refractivity contribution in [2.24, 2.45) is 0 Å². The number of hydrogen-bond acceptors (Lipinski definition) is 4. The predicted molar refractivity (Wildman–Crippen MR) is 74.5 cm³/mol. The number of nitro groups is 1. The van der Waals surface area contributed by atoms with Gasteiger partial charge < -0.3 is 10.4 Å². The highest BCUT2D eigenvalue weighted by Crippen LogP contribution is 2.30. The second-order valence-electron chi connectivity index (χ2n) is 4.40. The van der Waals surface area contributed by atoms with Gasteiger partial charge in [0.05, 0.1) is 16.2 Å². The second-order valence-corrected chi connectivity index (χ2v) is 4.40. The topological polar surface area (TPSA) is 92.5 Å². The zero-order chi connectivity index (χ0) is 15.6. The van der Waals surface area contributed by atoms with E-state index in [1.165, 1.54) is 24.3 Å². The Hall–Kier alpha value is -2.96. The van der Waals surface area contributed by atoms with Gasteiger partial charge in [0.15, 0.2) is 0 Å². The van der Waals surface area contributed by atoms with Crippen molar-refractivity contribution in [3.05, 3.63) is 63.5 Å². The maximum Gasteiger partial charge on any atom is 0.335 e. The molecule has 0 bridgehead atoms. The molecule has 0 radical (unpaired) electrons. The van der Waals surface area contributed by atoms with E-state index in [4.69, 9.17) is 5.11 Å². The molecular formula is C14H11FN2O4.